The van der Waals surface area contributed by atoms with E-state index in [1.807, 2.05) is 17.8 Å². The maximum atomic E-state index is 4.52. The van der Waals surface area contributed by atoms with Crippen molar-refractivity contribution in [2.75, 3.05) is 0 Å². The summed E-state index contributed by atoms with van der Waals surface area (Å²) in [6, 6.07) is 2.69. The Morgan fingerprint density at radius 1 is 1.39 bits per heavy atom. The highest BCUT2D eigenvalue weighted by Gasteiger charge is 2.06. The molecule has 0 aliphatic heterocycles. The number of thiazole rings is 1. The number of nitrogens with zero attached hydrogens (tertiary/aromatic N) is 2. The van der Waals surface area contributed by atoms with Gasteiger partial charge in [-0.25, -0.2) is 9.97 Å². The Morgan fingerprint density at radius 3 is 2.83 bits per heavy atom. The summed E-state index contributed by atoms with van der Waals surface area (Å²) in [5.74, 6) is 0. The summed E-state index contributed by atoms with van der Waals surface area (Å²) in [5.41, 5.74) is 2.43. The molecule has 0 spiro atoms. The van der Waals surface area contributed by atoms with Crippen LogP contribution in [0.15, 0.2) is 33.2 Å². The standard InChI is InChI=1S/C13H17N3S2/c1-9(2)15-7-11-6-10(3)12(16-8-11)18-13-14-4-5-17-13/h4-6,8-9,15H,7H2,1-3H3. The van der Waals surface area contributed by atoms with Crippen LogP contribution in [0.4, 0.5) is 0 Å². The lowest BCUT2D eigenvalue weighted by atomic mass is 10.2. The van der Waals surface area contributed by atoms with Crippen LogP contribution < -0.4 is 5.32 Å². The molecule has 0 saturated heterocycles. The van der Waals surface area contributed by atoms with Crippen molar-refractivity contribution >= 4 is 23.1 Å². The minimum absolute atomic E-state index is 0.495. The highest BCUT2D eigenvalue weighted by atomic mass is 32.2. The predicted molar refractivity (Wildman–Crippen MR) is 77.2 cm³/mol. The van der Waals surface area contributed by atoms with Crippen molar-refractivity contribution in [3.05, 3.63) is 35.0 Å². The Morgan fingerprint density at radius 2 is 2.22 bits per heavy atom. The van der Waals surface area contributed by atoms with Crippen molar-refractivity contribution in [2.24, 2.45) is 0 Å². The average molecular weight is 279 g/mol. The topological polar surface area (TPSA) is 37.8 Å². The fourth-order valence-electron chi connectivity index (χ4n) is 1.49. The fraction of sp³-hybridized carbons (Fsp3) is 0.385. The van der Waals surface area contributed by atoms with Gasteiger partial charge in [0.2, 0.25) is 0 Å². The Hall–Kier alpha value is -0.910. The van der Waals surface area contributed by atoms with E-state index in [9.17, 15) is 0 Å². The lowest BCUT2D eigenvalue weighted by Crippen LogP contribution is -2.21. The van der Waals surface area contributed by atoms with Gasteiger partial charge in [-0.05, 0) is 29.8 Å². The van der Waals surface area contributed by atoms with Gasteiger partial charge in [0.15, 0.2) is 4.34 Å². The molecule has 0 fully saturated rings. The van der Waals surface area contributed by atoms with Crippen LogP contribution in [0.3, 0.4) is 0 Å². The van der Waals surface area contributed by atoms with Gasteiger partial charge in [0.25, 0.3) is 0 Å². The Balaban J connectivity index is 2.05. The monoisotopic (exact) mass is 279 g/mol. The van der Waals surface area contributed by atoms with Gasteiger partial charge >= 0.3 is 0 Å². The summed E-state index contributed by atoms with van der Waals surface area (Å²) in [6.07, 6.45) is 3.77. The summed E-state index contributed by atoms with van der Waals surface area (Å²) >= 11 is 3.27. The first-order valence-corrected chi connectivity index (χ1v) is 7.61. The molecule has 0 aromatic carbocycles. The molecule has 0 atom stereocenters. The van der Waals surface area contributed by atoms with E-state index >= 15 is 0 Å². The lowest BCUT2D eigenvalue weighted by Gasteiger charge is -2.09. The van der Waals surface area contributed by atoms with Crippen molar-refractivity contribution < 1.29 is 0 Å². The molecule has 18 heavy (non-hydrogen) atoms. The average Bonchev–Trinajstić information content (AvgIpc) is 2.82. The van der Waals surface area contributed by atoms with Gasteiger partial charge in [-0.1, -0.05) is 19.9 Å². The Bertz CT molecular complexity index is 495. The zero-order chi connectivity index (χ0) is 13.0. The smallest absolute Gasteiger partial charge is 0.156 e. The van der Waals surface area contributed by atoms with Crippen molar-refractivity contribution in [1.29, 1.82) is 0 Å². The van der Waals surface area contributed by atoms with Crippen LogP contribution in [-0.2, 0) is 6.54 Å². The minimum Gasteiger partial charge on any atom is -0.310 e. The largest absolute Gasteiger partial charge is 0.310 e. The van der Waals surface area contributed by atoms with Gasteiger partial charge in [-0.15, -0.1) is 11.3 Å². The van der Waals surface area contributed by atoms with E-state index in [0.29, 0.717) is 6.04 Å². The molecule has 0 bridgehead atoms. The molecule has 1 N–H and O–H groups in total. The molecule has 0 unspecified atom stereocenters. The summed E-state index contributed by atoms with van der Waals surface area (Å²) in [6.45, 7) is 7.26. The quantitative estimate of drug-likeness (QED) is 0.909. The van der Waals surface area contributed by atoms with E-state index in [4.69, 9.17) is 0 Å². The number of aryl methyl sites for hydroxylation is 1. The molecule has 0 aliphatic carbocycles. The van der Waals surface area contributed by atoms with Crippen LogP contribution >= 0.6 is 23.1 Å². The SMILES string of the molecule is Cc1cc(CNC(C)C)cnc1Sc1nccs1. The van der Waals surface area contributed by atoms with E-state index in [1.54, 1.807) is 23.1 Å². The van der Waals surface area contributed by atoms with E-state index in [2.05, 4.69) is 42.1 Å². The van der Waals surface area contributed by atoms with Crippen LogP contribution in [-0.4, -0.2) is 16.0 Å². The van der Waals surface area contributed by atoms with E-state index in [-0.39, 0.29) is 0 Å². The molecule has 2 heterocycles. The van der Waals surface area contributed by atoms with Crippen molar-refractivity contribution in [2.45, 2.75) is 42.7 Å². The van der Waals surface area contributed by atoms with Crippen LogP contribution in [0.25, 0.3) is 0 Å². The van der Waals surface area contributed by atoms with E-state index < -0.39 is 0 Å². The number of hydrogen-bond donors (Lipinski definition) is 1. The second-order valence-corrected chi connectivity index (χ2v) is 6.53. The number of aromatic nitrogens is 2. The molecule has 2 rings (SSSR count). The molecule has 5 heteroatoms. The van der Waals surface area contributed by atoms with Crippen LogP contribution in [0, 0.1) is 6.92 Å². The molecule has 0 amide bonds. The first kappa shape index (κ1) is 13.5. The highest BCUT2D eigenvalue weighted by Crippen LogP contribution is 2.29. The van der Waals surface area contributed by atoms with Crippen molar-refractivity contribution in [3.63, 3.8) is 0 Å². The molecule has 2 aromatic rings. The van der Waals surface area contributed by atoms with Gasteiger partial charge < -0.3 is 5.32 Å². The lowest BCUT2D eigenvalue weighted by molar-refractivity contribution is 0.587. The molecule has 2 aromatic heterocycles. The number of rotatable bonds is 5. The van der Waals surface area contributed by atoms with Crippen molar-refractivity contribution in [1.82, 2.24) is 15.3 Å². The molecule has 0 radical (unpaired) electrons. The predicted octanol–water partition coefficient (Wildman–Crippen LogP) is 3.50. The van der Waals surface area contributed by atoms with Crippen LogP contribution in [0.1, 0.15) is 25.0 Å². The summed E-state index contributed by atoms with van der Waals surface area (Å²) in [7, 11) is 0. The second kappa shape index (κ2) is 6.31. The van der Waals surface area contributed by atoms with E-state index in [0.717, 1.165) is 15.9 Å². The molecule has 96 valence electrons. The maximum absolute atomic E-state index is 4.52. The first-order chi connectivity index (χ1) is 8.65. The zero-order valence-corrected chi connectivity index (χ0v) is 12.4. The van der Waals surface area contributed by atoms with E-state index in [1.165, 1.54) is 11.1 Å². The molecular formula is C13H17N3S2. The minimum atomic E-state index is 0.495. The number of pyridine rings is 1. The maximum Gasteiger partial charge on any atom is 0.156 e. The van der Waals surface area contributed by atoms with Gasteiger partial charge in [0.1, 0.15) is 5.03 Å². The summed E-state index contributed by atoms with van der Waals surface area (Å²) < 4.78 is 1.04. The number of hydrogen-bond acceptors (Lipinski definition) is 5. The highest BCUT2D eigenvalue weighted by molar-refractivity contribution is 8.01. The molecule has 0 aliphatic rings. The Kier molecular flexibility index (Phi) is 4.74. The molecular weight excluding hydrogens is 262 g/mol. The first-order valence-electron chi connectivity index (χ1n) is 5.91. The fourth-order valence-corrected chi connectivity index (χ4v) is 3.05. The van der Waals surface area contributed by atoms with Crippen LogP contribution in [0.2, 0.25) is 0 Å². The van der Waals surface area contributed by atoms with Crippen LogP contribution in [0.5, 0.6) is 0 Å². The summed E-state index contributed by atoms with van der Waals surface area (Å²) in [4.78, 5) is 8.78. The van der Waals surface area contributed by atoms with Gasteiger partial charge in [-0.2, -0.15) is 0 Å². The molecule has 3 nitrogen and oxygen atoms in total. The van der Waals surface area contributed by atoms with Gasteiger partial charge in [0, 0.05) is 30.4 Å². The molecule has 0 saturated carbocycles. The third-order valence-corrected chi connectivity index (χ3v) is 4.40. The summed E-state index contributed by atoms with van der Waals surface area (Å²) in [5, 5.41) is 6.42. The van der Waals surface area contributed by atoms with Gasteiger partial charge in [0.05, 0.1) is 0 Å². The second-order valence-electron chi connectivity index (χ2n) is 4.40. The Labute approximate surface area is 116 Å². The third-order valence-electron chi connectivity index (χ3n) is 2.39. The zero-order valence-electron chi connectivity index (χ0n) is 10.8. The number of nitrogens with one attached hydrogen (secondary N) is 1. The van der Waals surface area contributed by atoms with Crippen molar-refractivity contribution in [3.8, 4) is 0 Å². The van der Waals surface area contributed by atoms with Gasteiger partial charge in [-0.3, -0.25) is 0 Å². The third kappa shape index (κ3) is 3.80. The normalized spacial score (nSPS) is 11.1.